The zero-order chi connectivity index (χ0) is 20.7. The number of nitrogens with one attached hydrogen (secondary N) is 1. The maximum Gasteiger partial charge on any atom is 0.119 e. The number of benzene rings is 2. The van der Waals surface area contributed by atoms with E-state index in [4.69, 9.17) is 9.47 Å². The van der Waals surface area contributed by atoms with Crippen LogP contribution in [0.4, 0.5) is 5.69 Å². The first-order chi connectivity index (χ1) is 14.0. The number of hydrogen-bond donors (Lipinski definition) is 1. The Hall–Kier alpha value is -3.01. The molecule has 29 heavy (non-hydrogen) atoms. The Kier molecular flexibility index (Phi) is 6.76. The molecule has 0 bridgehead atoms. The van der Waals surface area contributed by atoms with Gasteiger partial charge in [0, 0.05) is 17.6 Å². The van der Waals surface area contributed by atoms with E-state index in [0.717, 1.165) is 35.7 Å². The van der Waals surface area contributed by atoms with Gasteiger partial charge in [0.25, 0.3) is 0 Å². The molecule has 0 radical (unpaired) electrons. The van der Waals surface area contributed by atoms with Gasteiger partial charge in [0.05, 0.1) is 19.3 Å². The third-order valence-electron chi connectivity index (χ3n) is 5.29. The molecule has 1 aromatic heterocycles. The van der Waals surface area contributed by atoms with E-state index in [9.17, 15) is 0 Å². The predicted octanol–water partition coefficient (Wildman–Crippen LogP) is 5.76. The maximum atomic E-state index is 5.57. The minimum absolute atomic E-state index is 0.261. The number of rotatable bonds is 9. The topological polar surface area (TPSA) is 43.4 Å². The Bertz CT molecular complexity index is 907. The van der Waals surface area contributed by atoms with Crippen molar-refractivity contribution in [1.29, 1.82) is 0 Å². The van der Waals surface area contributed by atoms with Crippen molar-refractivity contribution >= 4 is 5.69 Å². The molecule has 4 nitrogen and oxygen atoms in total. The molecule has 152 valence electrons. The molecule has 0 fully saturated rings. The second-order valence-corrected chi connectivity index (χ2v) is 7.41. The van der Waals surface area contributed by atoms with Crippen molar-refractivity contribution < 1.29 is 9.47 Å². The summed E-state index contributed by atoms with van der Waals surface area (Å²) in [6.07, 6.45) is 3.66. The van der Waals surface area contributed by atoms with Crippen LogP contribution in [0.1, 0.15) is 37.1 Å². The van der Waals surface area contributed by atoms with Crippen LogP contribution in [-0.4, -0.2) is 18.7 Å². The minimum Gasteiger partial charge on any atom is -0.497 e. The van der Waals surface area contributed by atoms with Crippen molar-refractivity contribution in [2.24, 2.45) is 0 Å². The van der Waals surface area contributed by atoms with Crippen molar-refractivity contribution in [1.82, 2.24) is 4.98 Å². The van der Waals surface area contributed by atoms with Crippen LogP contribution in [0.5, 0.6) is 11.5 Å². The molecule has 0 aliphatic carbocycles. The summed E-state index contributed by atoms with van der Waals surface area (Å²) >= 11 is 0. The third kappa shape index (κ3) is 5.29. The number of nitrogens with zero attached hydrogens (tertiary/aromatic N) is 1. The lowest BCUT2D eigenvalue weighted by Gasteiger charge is -2.33. The molecule has 0 saturated heterocycles. The van der Waals surface area contributed by atoms with Crippen LogP contribution in [-0.2, 0) is 12.0 Å². The smallest absolute Gasteiger partial charge is 0.119 e. The lowest BCUT2D eigenvalue weighted by Crippen LogP contribution is -2.32. The van der Waals surface area contributed by atoms with E-state index in [1.165, 1.54) is 11.1 Å². The summed E-state index contributed by atoms with van der Waals surface area (Å²) in [4.78, 5) is 4.58. The predicted molar refractivity (Wildman–Crippen MR) is 119 cm³/mol. The number of pyridine rings is 1. The Labute approximate surface area is 173 Å². The number of ether oxygens (including phenoxy) is 2. The molecule has 1 heterocycles. The largest absolute Gasteiger partial charge is 0.497 e. The van der Waals surface area contributed by atoms with Crippen LogP contribution in [0.25, 0.3) is 0 Å². The van der Waals surface area contributed by atoms with Crippen LogP contribution in [0.2, 0.25) is 0 Å². The van der Waals surface area contributed by atoms with Gasteiger partial charge < -0.3 is 14.8 Å². The van der Waals surface area contributed by atoms with Crippen LogP contribution in [0, 0.1) is 6.92 Å². The molecule has 0 saturated carbocycles. The molecule has 0 unspecified atom stereocenters. The highest BCUT2D eigenvalue weighted by Crippen LogP contribution is 2.33. The van der Waals surface area contributed by atoms with E-state index in [2.05, 4.69) is 54.5 Å². The molecule has 1 atom stereocenters. The van der Waals surface area contributed by atoms with E-state index in [-0.39, 0.29) is 5.54 Å². The van der Waals surface area contributed by atoms with Gasteiger partial charge in [0.2, 0.25) is 0 Å². The second kappa shape index (κ2) is 9.46. The van der Waals surface area contributed by atoms with E-state index < -0.39 is 0 Å². The van der Waals surface area contributed by atoms with Gasteiger partial charge >= 0.3 is 0 Å². The van der Waals surface area contributed by atoms with Crippen LogP contribution >= 0.6 is 0 Å². The first kappa shape index (κ1) is 20.7. The van der Waals surface area contributed by atoms with E-state index in [0.29, 0.717) is 6.61 Å². The summed E-state index contributed by atoms with van der Waals surface area (Å²) < 4.78 is 10.9. The van der Waals surface area contributed by atoms with Gasteiger partial charge in [0.1, 0.15) is 11.5 Å². The normalized spacial score (nSPS) is 12.8. The fraction of sp³-hybridized carbons (Fsp3) is 0.320. The zero-order valence-corrected chi connectivity index (χ0v) is 17.7. The van der Waals surface area contributed by atoms with Gasteiger partial charge in [-0.15, -0.1) is 0 Å². The van der Waals surface area contributed by atoms with Crippen LogP contribution < -0.4 is 14.8 Å². The summed E-state index contributed by atoms with van der Waals surface area (Å²) in [7, 11) is 1.69. The van der Waals surface area contributed by atoms with Crippen molar-refractivity contribution in [3.05, 3.63) is 83.7 Å². The monoisotopic (exact) mass is 390 g/mol. The highest BCUT2D eigenvalue weighted by molar-refractivity contribution is 5.50. The van der Waals surface area contributed by atoms with Gasteiger partial charge in [-0.25, -0.2) is 0 Å². The molecular weight excluding hydrogens is 360 g/mol. The quantitative estimate of drug-likeness (QED) is 0.505. The molecule has 0 amide bonds. The summed E-state index contributed by atoms with van der Waals surface area (Å²) in [5, 5.41) is 3.74. The fourth-order valence-corrected chi connectivity index (χ4v) is 3.51. The Morgan fingerprint density at radius 2 is 1.66 bits per heavy atom. The van der Waals surface area contributed by atoms with Crippen molar-refractivity contribution in [2.45, 2.75) is 39.2 Å². The van der Waals surface area contributed by atoms with Gasteiger partial charge in [-0.05, 0) is 87.2 Å². The van der Waals surface area contributed by atoms with Gasteiger partial charge in [-0.3, -0.25) is 4.98 Å². The molecule has 0 aliphatic rings. The summed E-state index contributed by atoms with van der Waals surface area (Å²) in [6, 6.07) is 20.5. The fourth-order valence-electron chi connectivity index (χ4n) is 3.51. The molecular formula is C25H30N2O2. The summed E-state index contributed by atoms with van der Waals surface area (Å²) in [5.41, 5.74) is 4.38. The van der Waals surface area contributed by atoms with Gasteiger partial charge in [-0.1, -0.05) is 18.2 Å². The highest BCUT2D eigenvalue weighted by Gasteiger charge is 2.27. The zero-order valence-electron chi connectivity index (χ0n) is 17.7. The van der Waals surface area contributed by atoms with Gasteiger partial charge in [0.15, 0.2) is 0 Å². The third-order valence-corrected chi connectivity index (χ3v) is 5.29. The first-order valence-corrected chi connectivity index (χ1v) is 10.1. The summed E-state index contributed by atoms with van der Waals surface area (Å²) in [6.45, 7) is 7.02. The molecule has 3 aromatic rings. The lowest BCUT2D eigenvalue weighted by atomic mass is 9.85. The first-order valence-electron chi connectivity index (χ1n) is 10.1. The Balaban J connectivity index is 1.86. The Morgan fingerprint density at radius 3 is 2.28 bits per heavy atom. The number of methoxy groups -OCH3 is 1. The Morgan fingerprint density at radius 1 is 0.966 bits per heavy atom. The number of anilines is 1. The number of aromatic nitrogens is 1. The van der Waals surface area contributed by atoms with Crippen molar-refractivity contribution in [2.75, 3.05) is 19.0 Å². The molecule has 1 N–H and O–H groups in total. The molecule has 0 spiro atoms. The lowest BCUT2D eigenvalue weighted by molar-refractivity contribution is 0.340. The molecule has 2 aromatic carbocycles. The van der Waals surface area contributed by atoms with Crippen molar-refractivity contribution in [3.63, 3.8) is 0 Å². The van der Waals surface area contributed by atoms with E-state index in [1.54, 1.807) is 7.11 Å². The number of hydrogen-bond acceptors (Lipinski definition) is 4. The maximum absolute atomic E-state index is 5.57. The van der Waals surface area contributed by atoms with Crippen LogP contribution in [0.3, 0.4) is 0 Å². The highest BCUT2D eigenvalue weighted by atomic mass is 16.5. The standard InChI is InChI=1S/C25H30N2O2/c1-5-29-23-14-10-21(11-15-23)27-25(3,20-8-12-22(28-4)13-9-20)17-16-24-19(2)7-6-18-26-24/h6-15,18,27H,5,16-17H2,1-4H3/t25-/m1/s1. The molecule has 3 rings (SSSR count). The average molecular weight is 391 g/mol. The number of aryl methyl sites for hydroxylation is 2. The van der Waals surface area contributed by atoms with E-state index >= 15 is 0 Å². The molecule has 4 heteroatoms. The van der Waals surface area contributed by atoms with Gasteiger partial charge in [-0.2, -0.15) is 0 Å². The average Bonchev–Trinajstić information content (AvgIpc) is 2.75. The summed E-state index contributed by atoms with van der Waals surface area (Å²) in [5.74, 6) is 1.74. The van der Waals surface area contributed by atoms with Crippen LogP contribution in [0.15, 0.2) is 66.9 Å². The second-order valence-electron chi connectivity index (χ2n) is 7.41. The molecule has 0 aliphatic heterocycles. The minimum atomic E-state index is -0.261. The van der Waals surface area contributed by atoms with E-state index in [1.807, 2.05) is 43.5 Å². The van der Waals surface area contributed by atoms with Crippen molar-refractivity contribution in [3.8, 4) is 11.5 Å². The SMILES string of the molecule is CCOc1ccc(N[C@](C)(CCc2ncccc2C)c2ccc(OC)cc2)cc1.